The van der Waals surface area contributed by atoms with Gasteiger partial charge in [-0.15, -0.1) is 0 Å². The molecule has 1 aromatic rings. The molecule has 4 nitrogen and oxygen atoms in total. The Bertz CT molecular complexity index is 496. The Balaban J connectivity index is 1.47. The molecule has 2 saturated carbocycles. The third-order valence-corrected chi connectivity index (χ3v) is 4.32. The summed E-state index contributed by atoms with van der Waals surface area (Å²) in [4.78, 5) is 12.0. The van der Waals surface area contributed by atoms with Crippen LogP contribution in [-0.4, -0.2) is 26.2 Å². The van der Waals surface area contributed by atoms with Crippen molar-refractivity contribution < 1.29 is 14.3 Å². The van der Waals surface area contributed by atoms with Crippen molar-refractivity contribution in [3.05, 3.63) is 29.8 Å². The van der Waals surface area contributed by atoms with E-state index in [9.17, 15) is 4.79 Å². The van der Waals surface area contributed by atoms with E-state index in [1.165, 1.54) is 12.8 Å². The second-order valence-corrected chi connectivity index (χ2v) is 5.83. The average molecular weight is 275 g/mol. The van der Waals surface area contributed by atoms with Gasteiger partial charge in [-0.2, -0.15) is 0 Å². The Kier molecular flexibility index (Phi) is 3.66. The van der Waals surface area contributed by atoms with Crippen LogP contribution in [-0.2, 0) is 16.1 Å². The van der Waals surface area contributed by atoms with Crippen molar-refractivity contribution in [1.29, 1.82) is 0 Å². The van der Waals surface area contributed by atoms with Crippen molar-refractivity contribution in [1.82, 2.24) is 5.32 Å². The van der Waals surface area contributed by atoms with E-state index in [1.54, 1.807) is 7.11 Å². The molecule has 0 aliphatic heterocycles. The van der Waals surface area contributed by atoms with Crippen LogP contribution in [0.4, 0.5) is 0 Å². The first-order chi connectivity index (χ1) is 9.73. The quantitative estimate of drug-likeness (QED) is 0.775. The van der Waals surface area contributed by atoms with Gasteiger partial charge in [-0.1, -0.05) is 12.1 Å². The van der Waals surface area contributed by atoms with Gasteiger partial charge in [0.05, 0.1) is 6.61 Å². The minimum absolute atomic E-state index is 0.216. The van der Waals surface area contributed by atoms with Crippen molar-refractivity contribution in [3.8, 4) is 5.75 Å². The normalized spacial score (nSPS) is 21.6. The molecule has 1 amide bonds. The maximum Gasteiger partial charge on any atom is 0.223 e. The van der Waals surface area contributed by atoms with Crippen LogP contribution in [0.25, 0.3) is 0 Å². The predicted octanol–water partition coefficient (Wildman–Crippen LogP) is 2.13. The van der Waals surface area contributed by atoms with Crippen LogP contribution in [0.2, 0.25) is 0 Å². The number of carbonyl (C=O) groups excluding carboxylic acids is 1. The first kappa shape index (κ1) is 13.4. The number of hydrogen-bond donors (Lipinski definition) is 1. The van der Waals surface area contributed by atoms with Gasteiger partial charge in [-0.25, -0.2) is 0 Å². The number of amides is 1. The Hall–Kier alpha value is -1.55. The topological polar surface area (TPSA) is 47.6 Å². The molecule has 2 fully saturated rings. The van der Waals surface area contributed by atoms with Crippen LogP contribution in [0.3, 0.4) is 0 Å². The lowest BCUT2D eigenvalue weighted by atomic mass is 10.2. The van der Waals surface area contributed by atoms with E-state index in [0.29, 0.717) is 25.2 Å². The molecule has 0 bridgehead atoms. The molecule has 0 heterocycles. The fourth-order valence-electron chi connectivity index (χ4n) is 2.73. The zero-order valence-corrected chi connectivity index (χ0v) is 11.9. The molecule has 1 unspecified atom stereocenters. The lowest BCUT2D eigenvalue weighted by Crippen LogP contribution is -2.25. The number of hydrogen-bond acceptors (Lipinski definition) is 3. The van der Waals surface area contributed by atoms with Crippen molar-refractivity contribution in [2.75, 3.05) is 20.3 Å². The highest BCUT2D eigenvalue weighted by atomic mass is 16.5. The maximum atomic E-state index is 12.0. The van der Waals surface area contributed by atoms with Gasteiger partial charge < -0.3 is 14.8 Å². The van der Waals surface area contributed by atoms with Crippen LogP contribution in [0.5, 0.6) is 5.75 Å². The Morgan fingerprint density at radius 1 is 1.40 bits per heavy atom. The monoisotopic (exact) mass is 275 g/mol. The second-order valence-electron chi connectivity index (χ2n) is 5.83. The zero-order valence-electron chi connectivity index (χ0n) is 11.9. The highest BCUT2D eigenvalue weighted by Gasteiger charge is 2.65. The lowest BCUT2D eigenvalue weighted by Gasteiger charge is -2.08. The molecule has 20 heavy (non-hydrogen) atoms. The van der Waals surface area contributed by atoms with Gasteiger partial charge in [0.1, 0.15) is 12.4 Å². The molecule has 0 saturated heterocycles. The van der Waals surface area contributed by atoms with Gasteiger partial charge in [0.2, 0.25) is 5.91 Å². The van der Waals surface area contributed by atoms with Crippen LogP contribution in [0.1, 0.15) is 24.8 Å². The van der Waals surface area contributed by atoms with E-state index in [0.717, 1.165) is 17.7 Å². The third-order valence-electron chi connectivity index (χ3n) is 4.32. The van der Waals surface area contributed by atoms with Crippen molar-refractivity contribution in [3.63, 3.8) is 0 Å². The van der Waals surface area contributed by atoms with Crippen LogP contribution >= 0.6 is 0 Å². The number of methoxy groups -OCH3 is 1. The van der Waals surface area contributed by atoms with Gasteiger partial charge >= 0.3 is 0 Å². The third kappa shape index (κ3) is 2.96. The van der Waals surface area contributed by atoms with Gasteiger partial charge in [-0.3, -0.25) is 4.79 Å². The molecule has 0 radical (unpaired) electrons. The van der Waals surface area contributed by atoms with Crippen molar-refractivity contribution in [2.45, 2.75) is 25.8 Å². The fraction of sp³-hybridized carbons (Fsp3) is 0.562. The SMILES string of the molecule is COCCOc1cccc(CNC(=O)C2CC23CC3)c1. The van der Waals surface area contributed by atoms with Crippen molar-refractivity contribution in [2.24, 2.45) is 11.3 Å². The number of benzene rings is 1. The summed E-state index contributed by atoms with van der Waals surface area (Å²) in [6.45, 7) is 1.69. The van der Waals surface area contributed by atoms with E-state index >= 15 is 0 Å². The molecule has 108 valence electrons. The fourth-order valence-corrected chi connectivity index (χ4v) is 2.73. The number of ether oxygens (including phenoxy) is 2. The molecule has 1 N–H and O–H groups in total. The Morgan fingerprint density at radius 3 is 2.95 bits per heavy atom. The first-order valence-electron chi connectivity index (χ1n) is 7.22. The van der Waals surface area contributed by atoms with Gasteiger partial charge in [0, 0.05) is 19.6 Å². The Labute approximate surface area is 119 Å². The highest BCUT2D eigenvalue weighted by Crippen LogP contribution is 2.70. The maximum absolute atomic E-state index is 12.0. The predicted molar refractivity (Wildman–Crippen MR) is 75.4 cm³/mol. The number of nitrogens with one attached hydrogen (secondary N) is 1. The molecule has 1 atom stereocenters. The van der Waals surface area contributed by atoms with Crippen LogP contribution in [0, 0.1) is 11.3 Å². The summed E-state index contributed by atoms with van der Waals surface area (Å²) in [5.41, 5.74) is 1.49. The first-order valence-corrected chi connectivity index (χ1v) is 7.22. The lowest BCUT2D eigenvalue weighted by molar-refractivity contribution is -0.122. The standard InChI is InChI=1S/C16H21NO3/c1-19-7-8-20-13-4-2-3-12(9-13)11-17-15(18)14-10-16(14)5-6-16/h2-4,9,14H,5-8,10-11H2,1H3,(H,17,18). The summed E-state index contributed by atoms with van der Waals surface area (Å²) in [6, 6.07) is 7.84. The van der Waals surface area contributed by atoms with Crippen LogP contribution in [0.15, 0.2) is 24.3 Å². The molecular formula is C16H21NO3. The summed E-state index contributed by atoms with van der Waals surface area (Å²) in [5.74, 6) is 1.32. The minimum atomic E-state index is 0.216. The van der Waals surface area contributed by atoms with Crippen LogP contribution < -0.4 is 10.1 Å². The van der Waals surface area contributed by atoms with E-state index < -0.39 is 0 Å². The van der Waals surface area contributed by atoms with Crippen molar-refractivity contribution >= 4 is 5.91 Å². The zero-order chi connectivity index (χ0) is 14.0. The molecular weight excluding hydrogens is 254 g/mol. The second kappa shape index (κ2) is 5.44. The average Bonchev–Trinajstić information content (AvgIpc) is 3.38. The minimum Gasteiger partial charge on any atom is -0.491 e. The van der Waals surface area contributed by atoms with E-state index in [1.807, 2.05) is 24.3 Å². The van der Waals surface area contributed by atoms with E-state index in [4.69, 9.17) is 9.47 Å². The highest BCUT2D eigenvalue weighted by molar-refractivity contribution is 5.83. The summed E-state index contributed by atoms with van der Waals surface area (Å²) in [6.07, 6.45) is 3.58. The molecule has 4 heteroatoms. The summed E-state index contributed by atoms with van der Waals surface area (Å²) < 4.78 is 10.5. The molecule has 3 rings (SSSR count). The number of carbonyl (C=O) groups is 1. The largest absolute Gasteiger partial charge is 0.491 e. The molecule has 2 aliphatic carbocycles. The van der Waals surface area contributed by atoms with Gasteiger partial charge in [0.15, 0.2) is 0 Å². The molecule has 1 aromatic carbocycles. The van der Waals surface area contributed by atoms with Gasteiger partial charge in [-0.05, 0) is 42.4 Å². The summed E-state index contributed by atoms with van der Waals surface area (Å²) in [5, 5.41) is 3.03. The van der Waals surface area contributed by atoms with E-state index in [-0.39, 0.29) is 11.8 Å². The molecule has 2 aliphatic rings. The Morgan fingerprint density at radius 2 is 2.25 bits per heavy atom. The summed E-state index contributed by atoms with van der Waals surface area (Å²) in [7, 11) is 1.65. The molecule has 0 aromatic heterocycles. The number of rotatable bonds is 7. The van der Waals surface area contributed by atoms with Gasteiger partial charge in [0.25, 0.3) is 0 Å². The van der Waals surface area contributed by atoms with E-state index in [2.05, 4.69) is 5.32 Å². The summed E-state index contributed by atoms with van der Waals surface area (Å²) >= 11 is 0. The molecule has 1 spiro atoms. The smallest absolute Gasteiger partial charge is 0.223 e.